The van der Waals surface area contributed by atoms with Gasteiger partial charge in [0.1, 0.15) is 5.75 Å². The lowest BCUT2D eigenvalue weighted by atomic mass is 9.69. The Balaban J connectivity index is 2.14. The number of methoxy groups -OCH3 is 1. The second kappa shape index (κ2) is 6.03. The Morgan fingerprint density at radius 3 is 2.54 bits per heavy atom. The Kier molecular flexibility index (Phi) is 4.18. The molecule has 0 fully saturated rings. The zero-order valence-electron chi connectivity index (χ0n) is 14.0. The predicted octanol–water partition coefficient (Wildman–Crippen LogP) is 3.69. The molecule has 0 bridgehead atoms. The Morgan fingerprint density at radius 2 is 1.96 bits per heavy atom. The molecule has 2 aliphatic rings. The van der Waals surface area contributed by atoms with Gasteiger partial charge in [0.05, 0.1) is 29.7 Å². The molecule has 4 nitrogen and oxygen atoms in total. The highest BCUT2D eigenvalue weighted by Crippen LogP contribution is 2.46. The molecule has 5 heteroatoms. The number of nitriles is 1. The van der Waals surface area contributed by atoms with Crippen LogP contribution in [0.5, 0.6) is 5.75 Å². The van der Waals surface area contributed by atoms with Gasteiger partial charge in [0, 0.05) is 17.7 Å². The number of ether oxygens (including phenoxy) is 1. The lowest BCUT2D eigenvalue weighted by molar-refractivity contribution is -0.118. The Morgan fingerprint density at radius 1 is 1.29 bits per heavy atom. The fourth-order valence-electron chi connectivity index (χ4n) is 3.52. The van der Waals surface area contributed by atoms with Crippen molar-refractivity contribution in [2.24, 2.45) is 5.41 Å². The number of benzene rings is 1. The number of carbonyl (C=O) groups excluding carboxylic acids is 1. The number of hydrogen-bond acceptors (Lipinski definition) is 5. The van der Waals surface area contributed by atoms with E-state index in [1.165, 1.54) is 0 Å². The summed E-state index contributed by atoms with van der Waals surface area (Å²) in [7, 11) is 1.61. The molecule has 1 aliphatic heterocycles. The number of dihydropyridines is 1. The fraction of sp³-hybridized carbons (Fsp3) is 0.368. The van der Waals surface area contributed by atoms with Gasteiger partial charge in [-0.3, -0.25) is 4.79 Å². The molecule has 1 aromatic rings. The predicted molar refractivity (Wildman–Crippen MR) is 95.5 cm³/mol. The van der Waals surface area contributed by atoms with E-state index in [0.29, 0.717) is 22.6 Å². The van der Waals surface area contributed by atoms with Gasteiger partial charge >= 0.3 is 0 Å². The molecule has 0 radical (unpaired) electrons. The number of rotatable bonds is 2. The highest BCUT2D eigenvalue weighted by atomic mass is 32.1. The van der Waals surface area contributed by atoms with Crippen molar-refractivity contribution in [1.82, 2.24) is 5.32 Å². The first-order chi connectivity index (χ1) is 11.4. The van der Waals surface area contributed by atoms with Crippen LogP contribution in [0.1, 0.15) is 38.2 Å². The summed E-state index contributed by atoms with van der Waals surface area (Å²) in [4.78, 5) is 12.8. The number of hydrogen-bond donors (Lipinski definition) is 2. The van der Waals surface area contributed by atoms with Gasteiger partial charge in [-0.25, -0.2) is 0 Å². The number of nitrogens with one attached hydrogen (secondary N) is 1. The van der Waals surface area contributed by atoms with E-state index in [9.17, 15) is 10.1 Å². The third-order valence-electron chi connectivity index (χ3n) is 4.59. The number of ketones is 1. The summed E-state index contributed by atoms with van der Waals surface area (Å²) in [5, 5.41) is 13.3. The van der Waals surface area contributed by atoms with E-state index in [1.54, 1.807) is 7.11 Å². The minimum Gasteiger partial charge on any atom is -0.497 e. The van der Waals surface area contributed by atoms with E-state index in [0.717, 1.165) is 23.4 Å². The molecular weight excluding hydrogens is 320 g/mol. The van der Waals surface area contributed by atoms with E-state index in [1.807, 2.05) is 24.3 Å². The summed E-state index contributed by atoms with van der Waals surface area (Å²) in [6.45, 7) is 4.17. The molecule has 3 rings (SSSR count). The van der Waals surface area contributed by atoms with E-state index < -0.39 is 0 Å². The van der Waals surface area contributed by atoms with Crippen LogP contribution in [0.2, 0.25) is 0 Å². The van der Waals surface area contributed by atoms with Crippen molar-refractivity contribution in [1.29, 1.82) is 5.26 Å². The first-order valence-corrected chi connectivity index (χ1v) is 8.31. The van der Waals surface area contributed by atoms with Crippen molar-refractivity contribution in [3.63, 3.8) is 0 Å². The van der Waals surface area contributed by atoms with Gasteiger partial charge in [0.15, 0.2) is 5.78 Å². The van der Waals surface area contributed by atoms with Crippen molar-refractivity contribution >= 4 is 18.4 Å². The minimum absolute atomic E-state index is 0.0917. The van der Waals surface area contributed by atoms with Gasteiger partial charge < -0.3 is 10.1 Å². The van der Waals surface area contributed by atoms with Gasteiger partial charge in [-0.05, 0) is 29.5 Å². The summed E-state index contributed by atoms with van der Waals surface area (Å²) in [6, 6.07) is 9.74. The van der Waals surface area contributed by atoms with Crippen LogP contribution in [0.4, 0.5) is 0 Å². The van der Waals surface area contributed by atoms with Crippen LogP contribution >= 0.6 is 12.6 Å². The van der Waals surface area contributed by atoms with Gasteiger partial charge in [0.25, 0.3) is 0 Å². The number of carbonyl (C=O) groups is 1. The molecular formula is C19H20N2O2S. The highest BCUT2D eigenvalue weighted by Gasteiger charge is 2.41. The summed E-state index contributed by atoms with van der Waals surface area (Å²) >= 11 is 4.46. The summed E-state index contributed by atoms with van der Waals surface area (Å²) in [5.74, 6) is 0.475. The standard InChI is InChI=1S/C19H20N2O2S/c1-19(2)8-14-17(15(22)9-19)16(13(10-20)18(24)21-14)11-4-6-12(23-3)7-5-11/h4-7,16,21,24H,8-9H2,1-3H3/t16-/m0/s1. The SMILES string of the molecule is COc1ccc([C@H]2C(C#N)=C(S)NC3=C2C(=O)CC(C)(C)C3)cc1. The average molecular weight is 340 g/mol. The van der Waals surface area contributed by atoms with Crippen LogP contribution in [0.15, 0.2) is 46.1 Å². The van der Waals surface area contributed by atoms with E-state index in [-0.39, 0.29) is 17.1 Å². The van der Waals surface area contributed by atoms with Gasteiger partial charge in [-0.1, -0.05) is 26.0 Å². The second-order valence-electron chi connectivity index (χ2n) is 7.04. The van der Waals surface area contributed by atoms with E-state index >= 15 is 0 Å². The molecule has 0 spiro atoms. The second-order valence-corrected chi connectivity index (χ2v) is 7.49. The first-order valence-electron chi connectivity index (χ1n) is 7.87. The van der Waals surface area contributed by atoms with Gasteiger partial charge in [-0.15, -0.1) is 12.6 Å². The molecule has 0 saturated heterocycles. The van der Waals surface area contributed by atoms with Crippen LogP contribution in [0.25, 0.3) is 0 Å². The minimum atomic E-state index is -0.367. The van der Waals surface area contributed by atoms with Crippen molar-refractivity contribution in [2.45, 2.75) is 32.6 Å². The van der Waals surface area contributed by atoms with Crippen molar-refractivity contribution in [2.75, 3.05) is 7.11 Å². The smallest absolute Gasteiger partial charge is 0.162 e. The zero-order valence-corrected chi connectivity index (χ0v) is 14.9. The maximum absolute atomic E-state index is 12.8. The molecule has 1 aromatic carbocycles. The topological polar surface area (TPSA) is 62.1 Å². The number of Topliss-reactive ketones (excluding diaryl/α,β-unsaturated/α-hetero) is 1. The molecule has 1 N–H and O–H groups in total. The Bertz CT molecular complexity index is 798. The zero-order chi connectivity index (χ0) is 17.5. The molecule has 124 valence electrons. The quantitative estimate of drug-likeness (QED) is 0.806. The van der Waals surface area contributed by atoms with E-state index in [4.69, 9.17) is 4.74 Å². The molecule has 24 heavy (non-hydrogen) atoms. The molecule has 0 unspecified atom stereocenters. The number of allylic oxidation sites excluding steroid dienone is 3. The Labute approximate surface area is 147 Å². The van der Waals surface area contributed by atoms with Crippen LogP contribution in [-0.2, 0) is 4.79 Å². The highest BCUT2D eigenvalue weighted by molar-refractivity contribution is 7.84. The maximum atomic E-state index is 12.8. The number of nitrogens with zero attached hydrogens (tertiary/aromatic N) is 1. The van der Waals surface area contributed by atoms with Crippen LogP contribution < -0.4 is 10.1 Å². The molecule has 0 saturated carbocycles. The van der Waals surface area contributed by atoms with Gasteiger partial charge in [0.2, 0.25) is 0 Å². The lowest BCUT2D eigenvalue weighted by Crippen LogP contribution is -2.36. The molecule has 0 aromatic heterocycles. The van der Waals surface area contributed by atoms with Gasteiger partial charge in [-0.2, -0.15) is 5.26 Å². The molecule has 1 atom stereocenters. The normalized spacial score (nSPS) is 22.6. The third-order valence-corrected chi connectivity index (χ3v) is 4.94. The molecule has 0 amide bonds. The van der Waals surface area contributed by atoms with Crippen LogP contribution in [0.3, 0.4) is 0 Å². The third kappa shape index (κ3) is 2.83. The molecule has 1 aliphatic carbocycles. The fourth-order valence-corrected chi connectivity index (χ4v) is 3.83. The monoisotopic (exact) mass is 340 g/mol. The average Bonchev–Trinajstić information content (AvgIpc) is 2.52. The van der Waals surface area contributed by atoms with Crippen molar-refractivity contribution in [3.8, 4) is 11.8 Å². The van der Waals surface area contributed by atoms with Crippen LogP contribution in [0, 0.1) is 16.7 Å². The first kappa shape index (κ1) is 16.7. The van der Waals surface area contributed by atoms with Crippen molar-refractivity contribution in [3.05, 3.63) is 51.7 Å². The van der Waals surface area contributed by atoms with Crippen molar-refractivity contribution < 1.29 is 9.53 Å². The molecule has 1 heterocycles. The largest absolute Gasteiger partial charge is 0.497 e. The lowest BCUT2D eigenvalue weighted by Gasteiger charge is -2.38. The summed E-state index contributed by atoms with van der Waals surface area (Å²) in [6.07, 6.45) is 1.25. The number of thiol groups is 1. The van der Waals surface area contributed by atoms with Crippen LogP contribution in [-0.4, -0.2) is 12.9 Å². The van der Waals surface area contributed by atoms with E-state index in [2.05, 4.69) is 37.9 Å². The maximum Gasteiger partial charge on any atom is 0.162 e. The Hall–Kier alpha value is -2.19. The summed E-state index contributed by atoms with van der Waals surface area (Å²) in [5.41, 5.74) is 2.89. The summed E-state index contributed by atoms with van der Waals surface area (Å²) < 4.78 is 5.20.